The Bertz CT molecular complexity index is 1300. The van der Waals surface area contributed by atoms with Gasteiger partial charge in [-0.05, 0) is 24.3 Å². The monoisotopic (exact) mass is 406 g/mol. The van der Waals surface area contributed by atoms with Crippen LogP contribution < -0.4 is 15.2 Å². The maximum absolute atomic E-state index is 12.0. The fourth-order valence-corrected chi connectivity index (χ4v) is 3.26. The zero-order valence-corrected chi connectivity index (χ0v) is 16.2. The van der Waals surface area contributed by atoms with Gasteiger partial charge in [-0.3, -0.25) is 20.0 Å². The summed E-state index contributed by atoms with van der Waals surface area (Å²) >= 11 is 0. The average Bonchev–Trinajstić information content (AvgIpc) is 3.21. The van der Waals surface area contributed by atoms with Gasteiger partial charge in [0.25, 0.3) is 11.2 Å². The Morgan fingerprint density at radius 1 is 1.23 bits per heavy atom. The second-order valence-corrected chi connectivity index (χ2v) is 6.71. The number of anilines is 1. The van der Waals surface area contributed by atoms with Crippen molar-refractivity contribution in [3.8, 4) is 17.0 Å². The number of fused-ring (bicyclic) bond motifs is 1. The second-order valence-electron chi connectivity index (χ2n) is 6.71. The lowest BCUT2D eigenvalue weighted by Crippen LogP contribution is -2.18. The van der Waals surface area contributed by atoms with Gasteiger partial charge in [-0.2, -0.15) is 5.10 Å². The lowest BCUT2D eigenvalue weighted by Gasteiger charge is -2.18. The number of nitrogens with zero attached hydrogens (tertiary/aromatic N) is 4. The molecule has 0 bridgehead atoms. The third-order valence-corrected chi connectivity index (χ3v) is 4.75. The van der Waals surface area contributed by atoms with Crippen LogP contribution in [0.25, 0.3) is 22.2 Å². The van der Waals surface area contributed by atoms with Crippen molar-refractivity contribution >= 4 is 22.3 Å². The lowest BCUT2D eigenvalue weighted by atomic mass is 10.1. The molecule has 2 aromatic carbocycles. The molecule has 0 saturated heterocycles. The van der Waals surface area contributed by atoms with Gasteiger partial charge in [-0.25, -0.2) is 4.98 Å². The summed E-state index contributed by atoms with van der Waals surface area (Å²) in [7, 11) is 3.33. The zero-order chi connectivity index (χ0) is 21.3. The van der Waals surface area contributed by atoms with E-state index in [1.807, 2.05) is 30.3 Å². The van der Waals surface area contributed by atoms with Crippen LogP contribution in [0.4, 0.5) is 11.4 Å². The molecule has 30 heavy (non-hydrogen) atoms. The van der Waals surface area contributed by atoms with Gasteiger partial charge < -0.3 is 14.6 Å². The van der Waals surface area contributed by atoms with Crippen molar-refractivity contribution in [2.45, 2.75) is 6.54 Å². The minimum Gasteiger partial charge on any atom is -0.497 e. The Kier molecular flexibility index (Phi) is 4.88. The highest BCUT2D eigenvalue weighted by molar-refractivity contribution is 5.86. The van der Waals surface area contributed by atoms with Gasteiger partial charge >= 0.3 is 0 Å². The predicted octanol–water partition coefficient (Wildman–Crippen LogP) is 2.87. The summed E-state index contributed by atoms with van der Waals surface area (Å²) in [6.45, 7) is 0.340. The lowest BCUT2D eigenvalue weighted by molar-refractivity contribution is -0.384. The van der Waals surface area contributed by atoms with Gasteiger partial charge in [0, 0.05) is 18.7 Å². The molecule has 0 aliphatic heterocycles. The molecule has 2 heterocycles. The summed E-state index contributed by atoms with van der Waals surface area (Å²) in [5.41, 5.74) is 2.53. The van der Waals surface area contributed by atoms with Crippen molar-refractivity contribution in [3.63, 3.8) is 0 Å². The standard InChI is InChI=1S/C20H18N6O4/c1-25(10-13-7-16(24-23-13)12-4-3-5-14(6-12)30-2)18-9-17-15(8-19(18)26(28)29)20(27)22-11-21-17/h3-9,11H,10H2,1-2H3,(H,23,24)(H,21,22,27). The van der Waals surface area contributed by atoms with Crippen molar-refractivity contribution in [2.24, 2.45) is 0 Å². The normalized spacial score (nSPS) is 10.9. The number of aromatic amines is 2. The molecule has 2 N–H and O–H groups in total. The molecule has 0 radical (unpaired) electrons. The first kappa shape index (κ1) is 19.1. The van der Waals surface area contributed by atoms with E-state index >= 15 is 0 Å². The van der Waals surface area contributed by atoms with Crippen molar-refractivity contribution in [1.82, 2.24) is 20.2 Å². The highest BCUT2D eigenvalue weighted by Crippen LogP contribution is 2.31. The number of hydrogen-bond acceptors (Lipinski definition) is 7. The Morgan fingerprint density at radius 2 is 2.07 bits per heavy atom. The molecular formula is C20H18N6O4. The van der Waals surface area contributed by atoms with Crippen molar-refractivity contribution in [2.75, 3.05) is 19.1 Å². The summed E-state index contributed by atoms with van der Waals surface area (Å²) in [5, 5.41) is 19.1. The number of nitrogens with one attached hydrogen (secondary N) is 2. The van der Waals surface area contributed by atoms with E-state index in [2.05, 4.69) is 20.2 Å². The number of aromatic nitrogens is 4. The molecule has 0 spiro atoms. The number of nitro groups is 1. The van der Waals surface area contributed by atoms with Gasteiger partial charge in [0.15, 0.2) is 0 Å². The van der Waals surface area contributed by atoms with Crippen LogP contribution >= 0.6 is 0 Å². The fourth-order valence-electron chi connectivity index (χ4n) is 3.26. The molecule has 10 heteroatoms. The zero-order valence-electron chi connectivity index (χ0n) is 16.2. The van der Waals surface area contributed by atoms with Gasteiger partial charge in [-0.15, -0.1) is 0 Å². The summed E-state index contributed by atoms with van der Waals surface area (Å²) in [4.78, 5) is 31.3. The maximum Gasteiger partial charge on any atom is 0.293 e. The molecule has 0 amide bonds. The number of hydrogen-bond donors (Lipinski definition) is 2. The first-order valence-electron chi connectivity index (χ1n) is 9.02. The van der Waals surface area contributed by atoms with Crippen molar-refractivity contribution in [1.29, 1.82) is 0 Å². The summed E-state index contributed by atoms with van der Waals surface area (Å²) in [6.07, 6.45) is 1.27. The van der Waals surface area contributed by atoms with Crippen LogP contribution in [0, 0.1) is 10.1 Å². The molecule has 152 valence electrons. The van der Waals surface area contributed by atoms with Crippen LogP contribution in [0.3, 0.4) is 0 Å². The van der Waals surface area contributed by atoms with E-state index in [4.69, 9.17) is 4.74 Å². The number of H-pyrrole nitrogens is 2. The van der Waals surface area contributed by atoms with E-state index in [0.717, 1.165) is 22.7 Å². The smallest absolute Gasteiger partial charge is 0.293 e. The van der Waals surface area contributed by atoms with E-state index in [9.17, 15) is 14.9 Å². The Labute approximate surface area is 170 Å². The molecule has 0 fully saturated rings. The number of benzene rings is 2. The van der Waals surface area contributed by atoms with Gasteiger partial charge in [0.1, 0.15) is 11.4 Å². The first-order valence-corrected chi connectivity index (χ1v) is 9.02. The highest BCUT2D eigenvalue weighted by atomic mass is 16.6. The fraction of sp³-hybridized carbons (Fsp3) is 0.150. The minimum absolute atomic E-state index is 0.170. The van der Waals surface area contributed by atoms with Gasteiger partial charge in [0.2, 0.25) is 0 Å². The van der Waals surface area contributed by atoms with Crippen molar-refractivity contribution in [3.05, 3.63) is 75.0 Å². The average molecular weight is 406 g/mol. The molecular weight excluding hydrogens is 388 g/mol. The third kappa shape index (κ3) is 3.58. The quantitative estimate of drug-likeness (QED) is 0.372. The second kappa shape index (κ2) is 7.66. The minimum atomic E-state index is -0.508. The largest absolute Gasteiger partial charge is 0.497 e. The maximum atomic E-state index is 12.0. The van der Waals surface area contributed by atoms with Crippen LogP contribution in [0.2, 0.25) is 0 Å². The molecule has 10 nitrogen and oxygen atoms in total. The number of nitro benzene ring substituents is 1. The molecule has 0 aliphatic rings. The molecule has 0 atom stereocenters. The third-order valence-electron chi connectivity index (χ3n) is 4.75. The Morgan fingerprint density at radius 3 is 2.83 bits per heavy atom. The van der Waals surface area contributed by atoms with Gasteiger partial charge in [0.05, 0.1) is 47.2 Å². The van der Waals surface area contributed by atoms with E-state index < -0.39 is 10.5 Å². The molecule has 0 unspecified atom stereocenters. The summed E-state index contributed by atoms with van der Waals surface area (Å²) < 4.78 is 5.24. The predicted molar refractivity (Wildman–Crippen MR) is 112 cm³/mol. The number of rotatable bonds is 6. The number of methoxy groups -OCH3 is 1. The van der Waals surface area contributed by atoms with Crippen LogP contribution in [0.15, 0.2) is 53.6 Å². The Balaban J connectivity index is 1.66. The van der Waals surface area contributed by atoms with Crippen LogP contribution in [-0.4, -0.2) is 39.2 Å². The first-order chi connectivity index (χ1) is 14.5. The topological polar surface area (TPSA) is 130 Å². The molecule has 0 aliphatic carbocycles. The van der Waals surface area contributed by atoms with E-state index in [1.54, 1.807) is 25.1 Å². The number of ether oxygens (including phenoxy) is 1. The van der Waals surface area contributed by atoms with Crippen LogP contribution in [0.1, 0.15) is 5.69 Å². The molecule has 4 rings (SSSR count). The molecule has 4 aromatic rings. The summed E-state index contributed by atoms with van der Waals surface area (Å²) in [6, 6.07) is 12.2. The van der Waals surface area contributed by atoms with E-state index in [-0.39, 0.29) is 11.1 Å². The molecule has 2 aromatic heterocycles. The van der Waals surface area contributed by atoms with E-state index in [1.165, 1.54) is 12.4 Å². The van der Waals surface area contributed by atoms with Crippen LogP contribution in [0.5, 0.6) is 5.75 Å². The Hall–Kier alpha value is -4.21. The van der Waals surface area contributed by atoms with Gasteiger partial charge in [-0.1, -0.05) is 12.1 Å². The van der Waals surface area contributed by atoms with Crippen LogP contribution in [-0.2, 0) is 6.54 Å². The van der Waals surface area contributed by atoms with E-state index in [0.29, 0.717) is 17.7 Å². The SMILES string of the molecule is COc1cccc(-c2cc(CN(C)c3cc4nc[nH]c(=O)c4cc3[N+](=O)[O-])[nH]n2)c1. The highest BCUT2D eigenvalue weighted by Gasteiger charge is 2.21. The molecule has 0 saturated carbocycles. The summed E-state index contributed by atoms with van der Waals surface area (Å²) in [5.74, 6) is 0.725. The van der Waals surface area contributed by atoms with Crippen molar-refractivity contribution < 1.29 is 9.66 Å².